The number of methoxy groups -OCH3 is 1. The van der Waals surface area contributed by atoms with Crippen molar-refractivity contribution in [3.8, 4) is 0 Å². The van der Waals surface area contributed by atoms with Crippen LogP contribution in [0.25, 0.3) is 0 Å². The van der Waals surface area contributed by atoms with E-state index in [0.717, 1.165) is 27.5 Å². The number of aromatic nitrogens is 3. The van der Waals surface area contributed by atoms with Gasteiger partial charge in [-0.15, -0.1) is 10.2 Å². The Morgan fingerprint density at radius 3 is 3.11 bits per heavy atom. The van der Waals surface area contributed by atoms with Gasteiger partial charge in [-0.05, 0) is 12.1 Å². The number of rotatable bonds is 7. The van der Waals surface area contributed by atoms with Crippen LogP contribution in [0.2, 0.25) is 0 Å². The fraction of sp³-hybridized carbons (Fsp3) is 0.364. The highest BCUT2D eigenvalue weighted by Crippen LogP contribution is 2.27. The molecule has 3 N–H and O–H groups in total. The third kappa shape index (κ3) is 4.66. The van der Waals surface area contributed by atoms with Gasteiger partial charge in [-0.25, -0.2) is 4.98 Å². The van der Waals surface area contributed by atoms with Crippen molar-refractivity contribution < 1.29 is 4.74 Å². The van der Waals surface area contributed by atoms with Gasteiger partial charge < -0.3 is 15.8 Å². The average Bonchev–Trinajstić information content (AvgIpc) is 2.85. The Morgan fingerprint density at radius 1 is 1.42 bits per heavy atom. The van der Waals surface area contributed by atoms with Crippen molar-refractivity contribution in [2.24, 2.45) is 0 Å². The molecular weight excluding hydrogens is 282 g/mol. The van der Waals surface area contributed by atoms with Crippen molar-refractivity contribution >= 4 is 34.0 Å². The Hall–Kier alpha value is -1.38. The van der Waals surface area contributed by atoms with Crippen LogP contribution in [0.15, 0.2) is 22.5 Å². The lowest BCUT2D eigenvalue weighted by molar-refractivity contribution is 0.211. The number of hydrogen-bond donors (Lipinski definition) is 2. The van der Waals surface area contributed by atoms with E-state index in [1.54, 1.807) is 24.9 Å². The summed E-state index contributed by atoms with van der Waals surface area (Å²) in [6.45, 7) is 1.38. The Kier molecular flexibility index (Phi) is 5.37. The number of nitrogens with one attached hydrogen (secondary N) is 1. The molecule has 102 valence electrons. The normalized spacial score (nSPS) is 10.6. The molecule has 19 heavy (non-hydrogen) atoms. The highest BCUT2D eigenvalue weighted by atomic mass is 32.2. The first kappa shape index (κ1) is 14.0. The summed E-state index contributed by atoms with van der Waals surface area (Å²) in [5.41, 5.74) is 6.57. The molecular formula is C11H15N5OS2. The van der Waals surface area contributed by atoms with E-state index < -0.39 is 0 Å². The molecule has 0 bridgehead atoms. The summed E-state index contributed by atoms with van der Waals surface area (Å²) in [6, 6.07) is 5.62. The zero-order valence-corrected chi connectivity index (χ0v) is 12.1. The first-order valence-corrected chi connectivity index (χ1v) is 7.48. The second-order valence-corrected chi connectivity index (χ2v) is 5.84. The van der Waals surface area contributed by atoms with Crippen LogP contribution in [-0.4, -0.2) is 35.4 Å². The van der Waals surface area contributed by atoms with Gasteiger partial charge in [-0.1, -0.05) is 29.2 Å². The number of thioether (sulfide) groups is 1. The maximum Gasteiger partial charge on any atom is 0.206 e. The zero-order valence-electron chi connectivity index (χ0n) is 10.5. The van der Waals surface area contributed by atoms with Gasteiger partial charge in [0.05, 0.1) is 12.3 Å². The van der Waals surface area contributed by atoms with E-state index in [1.165, 1.54) is 11.3 Å². The Bertz CT molecular complexity index is 519. The predicted molar refractivity (Wildman–Crippen MR) is 78.5 cm³/mol. The minimum Gasteiger partial charge on any atom is -0.384 e. The third-order valence-electron chi connectivity index (χ3n) is 2.16. The molecule has 8 heteroatoms. The number of nitrogen functional groups attached to an aromatic ring is 1. The van der Waals surface area contributed by atoms with Crippen LogP contribution in [0.5, 0.6) is 0 Å². The fourth-order valence-electron chi connectivity index (χ4n) is 1.31. The molecule has 6 nitrogen and oxygen atoms in total. The summed E-state index contributed by atoms with van der Waals surface area (Å²) in [7, 11) is 1.67. The zero-order chi connectivity index (χ0) is 13.5. The lowest BCUT2D eigenvalue weighted by Gasteiger charge is -1.99. The van der Waals surface area contributed by atoms with Gasteiger partial charge in [0.25, 0.3) is 0 Å². The third-order valence-corrected chi connectivity index (χ3v) is 4.21. The molecule has 0 aromatic carbocycles. The lowest BCUT2D eigenvalue weighted by Crippen LogP contribution is -2.06. The van der Waals surface area contributed by atoms with E-state index in [9.17, 15) is 0 Å². The molecule has 2 rings (SSSR count). The fourth-order valence-corrected chi connectivity index (χ4v) is 3.00. The maximum absolute atomic E-state index is 5.63. The summed E-state index contributed by atoms with van der Waals surface area (Å²) >= 11 is 3.12. The Labute approximate surface area is 119 Å². The number of nitrogens with two attached hydrogens (primary N) is 1. The molecule has 0 aliphatic carbocycles. The maximum atomic E-state index is 5.63. The van der Waals surface area contributed by atoms with E-state index in [4.69, 9.17) is 10.5 Å². The van der Waals surface area contributed by atoms with Gasteiger partial charge in [0.2, 0.25) is 5.13 Å². The van der Waals surface area contributed by atoms with Crippen molar-refractivity contribution in [2.75, 3.05) is 31.3 Å². The highest BCUT2D eigenvalue weighted by molar-refractivity contribution is 8.00. The van der Waals surface area contributed by atoms with E-state index in [-0.39, 0.29) is 0 Å². The predicted octanol–water partition coefficient (Wildman–Crippen LogP) is 1.87. The molecule has 0 radical (unpaired) electrons. The topological polar surface area (TPSA) is 86.0 Å². The van der Waals surface area contributed by atoms with E-state index >= 15 is 0 Å². The van der Waals surface area contributed by atoms with Crippen LogP contribution in [0.1, 0.15) is 5.69 Å². The molecule has 0 aliphatic heterocycles. The van der Waals surface area contributed by atoms with Gasteiger partial charge in [0, 0.05) is 19.4 Å². The number of nitrogens with zero attached hydrogens (tertiary/aromatic N) is 3. The van der Waals surface area contributed by atoms with Gasteiger partial charge in [0.15, 0.2) is 4.34 Å². The highest BCUT2D eigenvalue weighted by Gasteiger charge is 2.05. The van der Waals surface area contributed by atoms with Gasteiger partial charge in [-0.2, -0.15) is 0 Å². The molecule has 0 saturated carbocycles. The van der Waals surface area contributed by atoms with Crippen LogP contribution in [0, 0.1) is 0 Å². The number of pyridine rings is 1. The van der Waals surface area contributed by atoms with Crippen molar-refractivity contribution in [1.29, 1.82) is 0 Å². The van der Waals surface area contributed by atoms with Crippen molar-refractivity contribution in [3.05, 3.63) is 23.9 Å². The summed E-state index contributed by atoms with van der Waals surface area (Å²) in [6.07, 6.45) is 0. The standard InChI is InChI=1S/C11H15N5OS2/c1-17-6-5-13-10-15-16-11(19-10)18-7-8-3-2-4-9(12)14-8/h2-4H,5-7H2,1H3,(H2,12,14)(H,13,15). The summed E-state index contributed by atoms with van der Waals surface area (Å²) in [4.78, 5) is 4.24. The molecule has 2 aromatic heterocycles. The lowest BCUT2D eigenvalue weighted by atomic mass is 10.4. The van der Waals surface area contributed by atoms with Crippen molar-refractivity contribution in [1.82, 2.24) is 15.2 Å². The quantitative estimate of drug-likeness (QED) is 0.596. The molecule has 0 unspecified atom stereocenters. The summed E-state index contributed by atoms with van der Waals surface area (Å²) in [5, 5.41) is 12.1. The van der Waals surface area contributed by atoms with Crippen molar-refractivity contribution in [3.63, 3.8) is 0 Å². The Balaban J connectivity index is 1.83. The first-order chi connectivity index (χ1) is 9.28. The van der Waals surface area contributed by atoms with Crippen LogP contribution in [0.4, 0.5) is 10.9 Å². The van der Waals surface area contributed by atoms with E-state index in [0.29, 0.717) is 12.4 Å². The summed E-state index contributed by atoms with van der Waals surface area (Å²) < 4.78 is 5.86. The van der Waals surface area contributed by atoms with E-state index in [2.05, 4.69) is 20.5 Å². The molecule has 0 amide bonds. The smallest absolute Gasteiger partial charge is 0.206 e. The first-order valence-electron chi connectivity index (χ1n) is 5.68. The minimum absolute atomic E-state index is 0.539. The molecule has 2 aromatic rings. The molecule has 0 fully saturated rings. The number of anilines is 2. The summed E-state index contributed by atoms with van der Waals surface area (Å²) in [5.74, 6) is 1.27. The molecule has 2 heterocycles. The van der Waals surface area contributed by atoms with Crippen LogP contribution in [0.3, 0.4) is 0 Å². The average molecular weight is 297 g/mol. The number of hydrogen-bond acceptors (Lipinski definition) is 8. The molecule has 0 atom stereocenters. The van der Waals surface area contributed by atoms with Gasteiger partial charge >= 0.3 is 0 Å². The number of ether oxygens (including phenoxy) is 1. The van der Waals surface area contributed by atoms with Gasteiger partial charge in [0.1, 0.15) is 5.82 Å². The molecule has 0 spiro atoms. The van der Waals surface area contributed by atoms with Gasteiger partial charge in [-0.3, -0.25) is 0 Å². The van der Waals surface area contributed by atoms with E-state index in [1.807, 2.05) is 12.1 Å². The SMILES string of the molecule is COCCNc1nnc(SCc2cccc(N)n2)s1. The Morgan fingerprint density at radius 2 is 2.32 bits per heavy atom. The van der Waals surface area contributed by atoms with Crippen LogP contribution >= 0.6 is 23.1 Å². The molecule has 0 saturated heterocycles. The van der Waals surface area contributed by atoms with Crippen LogP contribution in [-0.2, 0) is 10.5 Å². The minimum atomic E-state index is 0.539. The monoisotopic (exact) mass is 297 g/mol. The second-order valence-electron chi connectivity index (χ2n) is 3.64. The van der Waals surface area contributed by atoms with Crippen LogP contribution < -0.4 is 11.1 Å². The largest absolute Gasteiger partial charge is 0.384 e. The van der Waals surface area contributed by atoms with Crippen molar-refractivity contribution in [2.45, 2.75) is 10.1 Å². The second kappa shape index (κ2) is 7.27. The molecule has 0 aliphatic rings.